The monoisotopic (exact) mass is 195 g/mol. The summed E-state index contributed by atoms with van der Waals surface area (Å²) in [5, 5.41) is 2.58. The predicted molar refractivity (Wildman–Crippen MR) is 45.5 cm³/mol. The van der Waals surface area contributed by atoms with E-state index >= 15 is 0 Å². The van der Waals surface area contributed by atoms with E-state index in [1.54, 1.807) is 13.8 Å². The van der Waals surface area contributed by atoms with E-state index in [0.717, 1.165) is 0 Å². The first-order chi connectivity index (χ1) is 5.77. The molecule has 0 aliphatic heterocycles. The van der Waals surface area contributed by atoms with Crippen LogP contribution in [0.3, 0.4) is 0 Å². The lowest BCUT2D eigenvalue weighted by atomic mass is 9.83. The Balaban J connectivity index is 2.88. The fourth-order valence-electron chi connectivity index (χ4n) is 1.70. The maximum Gasteiger partial charge on any atom is 0.406 e. The van der Waals surface area contributed by atoms with E-state index in [1.807, 2.05) is 0 Å². The van der Waals surface area contributed by atoms with Gasteiger partial charge in [0.05, 0.1) is 0 Å². The van der Waals surface area contributed by atoms with Gasteiger partial charge in [-0.05, 0) is 31.7 Å². The summed E-state index contributed by atoms with van der Waals surface area (Å²) in [5.74, 6) is 0. The van der Waals surface area contributed by atoms with Crippen molar-refractivity contribution in [3.8, 4) is 0 Å². The van der Waals surface area contributed by atoms with E-state index in [0.29, 0.717) is 19.4 Å². The SMILES string of the molecule is CCNC(C)(C(F)(F)F)C1(C)CC1. The van der Waals surface area contributed by atoms with Crippen LogP contribution in [0, 0.1) is 5.41 Å². The van der Waals surface area contributed by atoms with Gasteiger partial charge in [0.25, 0.3) is 0 Å². The molecule has 1 rings (SSSR count). The zero-order chi connectivity index (χ0) is 10.3. The molecule has 13 heavy (non-hydrogen) atoms. The maximum atomic E-state index is 12.8. The molecule has 1 nitrogen and oxygen atoms in total. The van der Waals surface area contributed by atoms with Crippen LogP contribution < -0.4 is 5.32 Å². The first kappa shape index (κ1) is 10.8. The number of rotatable bonds is 3. The maximum absolute atomic E-state index is 12.8. The van der Waals surface area contributed by atoms with Crippen molar-refractivity contribution in [1.82, 2.24) is 5.32 Å². The Morgan fingerprint density at radius 1 is 1.31 bits per heavy atom. The molecular formula is C9H16F3N. The summed E-state index contributed by atoms with van der Waals surface area (Å²) >= 11 is 0. The molecule has 1 aliphatic carbocycles. The average Bonchev–Trinajstić information content (AvgIpc) is 2.67. The van der Waals surface area contributed by atoms with Crippen LogP contribution in [0.4, 0.5) is 13.2 Å². The van der Waals surface area contributed by atoms with Crippen LogP contribution in [0.5, 0.6) is 0 Å². The van der Waals surface area contributed by atoms with Gasteiger partial charge in [-0.1, -0.05) is 13.8 Å². The van der Waals surface area contributed by atoms with Gasteiger partial charge < -0.3 is 5.32 Å². The number of hydrogen-bond donors (Lipinski definition) is 1. The van der Waals surface area contributed by atoms with Crippen LogP contribution >= 0.6 is 0 Å². The van der Waals surface area contributed by atoms with Gasteiger partial charge in [-0.15, -0.1) is 0 Å². The first-order valence-corrected chi connectivity index (χ1v) is 4.58. The lowest BCUT2D eigenvalue weighted by Crippen LogP contribution is -2.59. The fourth-order valence-corrected chi connectivity index (χ4v) is 1.70. The largest absolute Gasteiger partial charge is 0.406 e. The topological polar surface area (TPSA) is 12.0 Å². The summed E-state index contributed by atoms with van der Waals surface area (Å²) < 4.78 is 38.3. The minimum atomic E-state index is -4.16. The molecule has 1 fully saturated rings. The van der Waals surface area contributed by atoms with Gasteiger partial charge >= 0.3 is 6.18 Å². The van der Waals surface area contributed by atoms with E-state index in [4.69, 9.17) is 0 Å². The minimum Gasteiger partial charge on any atom is -0.304 e. The molecule has 1 unspecified atom stereocenters. The number of halogens is 3. The molecule has 4 heteroatoms. The molecule has 0 radical (unpaired) electrons. The molecule has 0 aromatic rings. The quantitative estimate of drug-likeness (QED) is 0.730. The van der Waals surface area contributed by atoms with Crippen molar-refractivity contribution in [2.24, 2.45) is 5.41 Å². The Labute approximate surface area is 76.7 Å². The molecule has 0 bridgehead atoms. The van der Waals surface area contributed by atoms with Crippen LogP contribution in [-0.2, 0) is 0 Å². The molecule has 0 spiro atoms. The van der Waals surface area contributed by atoms with Gasteiger partial charge in [-0.25, -0.2) is 0 Å². The second-order valence-corrected chi connectivity index (χ2v) is 4.21. The van der Waals surface area contributed by atoms with Crippen molar-refractivity contribution in [2.45, 2.75) is 45.3 Å². The predicted octanol–water partition coefficient (Wildman–Crippen LogP) is 2.72. The molecule has 0 aromatic carbocycles. The Bertz CT molecular complexity index is 188. The second kappa shape index (κ2) is 2.87. The Hall–Kier alpha value is -0.250. The third kappa shape index (κ3) is 1.56. The molecular weight excluding hydrogens is 179 g/mol. The van der Waals surface area contributed by atoms with Crippen molar-refractivity contribution in [2.75, 3.05) is 6.54 Å². The Morgan fingerprint density at radius 2 is 1.77 bits per heavy atom. The van der Waals surface area contributed by atoms with Gasteiger partial charge in [-0.3, -0.25) is 0 Å². The molecule has 0 aromatic heterocycles. The number of alkyl halides is 3. The third-order valence-corrected chi connectivity index (χ3v) is 3.30. The van der Waals surface area contributed by atoms with Crippen LogP contribution in [0.2, 0.25) is 0 Å². The second-order valence-electron chi connectivity index (χ2n) is 4.21. The van der Waals surface area contributed by atoms with Crippen molar-refractivity contribution in [3.63, 3.8) is 0 Å². The Morgan fingerprint density at radius 3 is 2.00 bits per heavy atom. The molecule has 0 saturated heterocycles. The summed E-state index contributed by atoms with van der Waals surface area (Å²) in [4.78, 5) is 0. The van der Waals surface area contributed by atoms with E-state index < -0.39 is 17.1 Å². The molecule has 0 amide bonds. The van der Waals surface area contributed by atoms with E-state index in [1.165, 1.54) is 6.92 Å². The number of hydrogen-bond acceptors (Lipinski definition) is 1. The van der Waals surface area contributed by atoms with Crippen molar-refractivity contribution in [1.29, 1.82) is 0 Å². The third-order valence-electron chi connectivity index (χ3n) is 3.30. The van der Waals surface area contributed by atoms with Crippen LogP contribution in [0.15, 0.2) is 0 Å². The Kier molecular flexibility index (Phi) is 2.39. The van der Waals surface area contributed by atoms with E-state index in [-0.39, 0.29) is 0 Å². The number of nitrogens with one attached hydrogen (secondary N) is 1. The molecule has 0 heterocycles. The van der Waals surface area contributed by atoms with Gasteiger partial charge in [0.1, 0.15) is 5.54 Å². The average molecular weight is 195 g/mol. The highest BCUT2D eigenvalue weighted by atomic mass is 19.4. The van der Waals surface area contributed by atoms with Crippen LogP contribution in [0.25, 0.3) is 0 Å². The van der Waals surface area contributed by atoms with E-state index in [2.05, 4.69) is 5.32 Å². The summed E-state index contributed by atoms with van der Waals surface area (Å²) in [6.07, 6.45) is -2.83. The molecule has 1 N–H and O–H groups in total. The fraction of sp³-hybridized carbons (Fsp3) is 1.00. The summed E-state index contributed by atoms with van der Waals surface area (Å²) in [7, 11) is 0. The molecule has 1 aliphatic rings. The smallest absolute Gasteiger partial charge is 0.304 e. The van der Waals surface area contributed by atoms with Gasteiger partial charge in [0.2, 0.25) is 0 Å². The molecule has 78 valence electrons. The zero-order valence-electron chi connectivity index (χ0n) is 8.26. The highest BCUT2D eigenvalue weighted by Gasteiger charge is 2.65. The highest BCUT2D eigenvalue weighted by molar-refractivity contribution is 5.11. The lowest BCUT2D eigenvalue weighted by Gasteiger charge is -2.38. The zero-order valence-corrected chi connectivity index (χ0v) is 8.26. The van der Waals surface area contributed by atoms with Gasteiger partial charge in [0, 0.05) is 0 Å². The lowest BCUT2D eigenvalue weighted by molar-refractivity contribution is -0.209. The van der Waals surface area contributed by atoms with Crippen molar-refractivity contribution < 1.29 is 13.2 Å². The van der Waals surface area contributed by atoms with Crippen molar-refractivity contribution in [3.05, 3.63) is 0 Å². The summed E-state index contributed by atoms with van der Waals surface area (Å²) in [6, 6.07) is 0. The molecule has 1 saturated carbocycles. The van der Waals surface area contributed by atoms with Crippen LogP contribution in [-0.4, -0.2) is 18.3 Å². The summed E-state index contributed by atoms with van der Waals surface area (Å²) in [5.41, 5.74) is -2.31. The van der Waals surface area contributed by atoms with Crippen LogP contribution in [0.1, 0.15) is 33.6 Å². The standard InChI is InChI=1S/C9H16F3N/c1-4-13-8(3,9(10,11)12)7(2)5-6-7/h13H,4-6H2,1-3H3. The van der Waals surface area contributed by atoms with Gasteiger partial charge in [-0.2, -0.15) is 13.2 Å². The first-order valence-electron chi connectivity index (χ1n) is 4.58. The normalized spacial score (nSPS) is 25.4. The minimum absolute atomic E-state index is 0.353. The molecule has 1 atom stereocenters. The van der Waals surface area contributed by atoms with E-state index in [9.17, 15) is 13.2 Å². The van der Waals surface area contributed by atoms with Crippen molar-refractivity contribution >= 4 is 0 Å². The summed E-state index contributed by atoms with van der Waals surface area (Å²) in [6.45, 7) is 5.02. The highest BCUT2D eigenvalue weighted by Crippen LogP contribution is 2.58. The van der Waals surface area contributed by atoms with Gasteiger partial charge in [0.15, 0.2) is 0 Å².